The number of ether oxygens (including phenoxy) is 1. The summed E-state index contributed by atoms with van der Waals surface area (Å²) in [5.74, 6) is 0.807. The highest BCUT2D eigenvalue weighted by molar-refractivity contribution is 5.30. The lowest BCUT2D eigenvalue weighted by molar-refractivity contribution is 0.156. The molecule has 22 heavy (non-hydrogen) atoms. The predicted molar refractivity (Wildman–Crippen MR) is 84.0 cm³/mol. The fraction of sp³-hybridized carbons (Fsp3) is 0.500. The summed E-state index contributed by atoms with van der Waals surface area (Å²) in [6, 6.07) is 2.39. The zero-order valence-corrected chi connectivity index (χ0v) is 13.1. The molecule has 0 saturated carbocycles. The number of aromatic nitrogens is 4. The molecule has 1 fully saturated rings. The Hall–Kier alpha value is -2.24. The molecule has 2 aromatic rings. The first-order chi connectivity index (χ1) is 10.7. The van der Waals surface area contributed by atoms with Crippen LogP contribution in [0.4, 0.5) is 5.95 Å². The number of nitrogens with zero attached hydrogens (tertiary/aromatic N) is 5. The Balaban J connectivity index is 1.55. The monoisotopic (exact) mass is 299 g/mol. The van der Waals surface area contributed by atoms with Gasteiger partial charge in [0.2, 0.25) is 5.95 Å². The van der Waals surface area contributed by atoms with E-state index in [0.29, 0.717) is 6.01 Å². The Bertz CT molecular complexity index is 608. The van der Waals surface area contributed by atoms with Crippen molar-refractivity contribution in [1.29, 1.82) is 0 Å². The van der Waals surface area contributed by atoms with Crippen LogP contribution >= 0.6 is 0 Å². The van der Waals surface area contributed by atoms with Crippen molar-refractivity contribution in [3.05, 3.63) is 35.9 Å². The third-order valence-electron chi connectivity index (χ3n) is 3.87. The van der Waals surface area contributed by atoms with E-state index in [-0.39, 0.29) is 6.10 Å². The maximum atomic E-state index is 5.87. The first kappa shape index (κ1) is 14.7. The van der Waals surface area contributed by atoms with Crippen LogP contribution in [-0.2, 0) is 6.42 Å². The molecule has 6 heteroatoms. The van der Waals surface area contributed by atoms with Crippen molar-refractivity contribution >= 4 is 5.95 Å². The van der Waals surface area contributed by atoms with Gasteiger partial charge in [0.1, 0.15) is 6.10 Å². The fourth-order valence-corrected chi connectivity index (χ4v) is 2.50. The molecule has 0 radical (unpaired) electrons. The van der Waals surface area contributed by atoms with Crippen molar-refractivity contribution < 1.29 is 4.74 Å². The second kappa shape index (κ2) is 6.68. The van der Waals surface area contributed by atoms with Gasteiger partial charge >= 0.3 is 6.01 Å². The van der Waals surface area contributed by atoms with Crippen LogP contribution in [0.2, 0.25) is 0 Å². The van der Waals surface area contributed by atoms with Gasteiger partial charge in [-0.05, 0) is 25.0 Å². The van der Waals surface area contributed by atoms with Crippen molar-refractivity contribution in [2.24, 2.45) is 0 Å². The average Bonchev–Trinajstić information content (AvgIpc) is 2.56. The van der Waals surface area contributed by atoms with Crippen LogP contribution in [0.25, 0.3) is 0 Å². The molecule has 0 aliphatic carbocycles. The van der Waals surface area contributed by atoms with Gasteiger partial charge in [0.25, 0.3) is 0 Å². The SMILES string of the molecule is CCc1cnc(OC2CCN(c3nccc(C)n3)CC2)nc1. The van der Waals surface area contributed by atoms with Gasteiger partial charge < -0.3 is 9.64 Å². The molecule has 2 aromatic heterocycles. The molecule has 0 N–H and O–H groups in total. The third-order valence-corrected chi connectivity index (χ3v) is 3.87. The number of hydrogen-bond donors (Lipinski definition) is 0. The van der Waals surface area contributed by atoms with Crippen LogP contribution in [0.3, 0.4) is 0 Å². The Morgan fingerprint density at radius 1 is 1.18 bits per heavy atom. The number of rotatable bonds is 4. The van der Waals surface area contributed by atoms with Crippen LogP contribution in [0.15, 0.2) is 24.7 Å². The first-order valence-electron chi connectivity index (χ1n) is 7.77. The minimum atomic E-state index is 0.161. The van der Waals surface area contributed by atoms with Crippen molar-refractivity contribution in [3.63, 3.8) is 0 Å². The van der Waals surface area contributed by atoms with E-state index in [4.69, 9.17) is 4.74 Å². The average molecular weight is 299 g/mol. The Labute approximate surface area is 130 Å². The molecule has 1 saturated heterocycles. The summed E-state index contributed by atoms with van der Waals surface area (Å²) in [5.41, 5.74) is 2.12. The van der Waals surface area contributed by atoms with Gasteiger partial charge in [-0.15, -0.1) is 0 Å². The minimum Gasteiger partial charge on any atom is -0.460 e. The second-order valence-electron chi connectivity index (χ2n) is 5.53. The molecule has 0 atom stereocenters. The van der Waals surface area contributed by atoms with Crippen molar-refractivity contribution in [1.82, 2.24) is 19.9 Å². The van der Waals surface area contributed by atoms with Gasteiger partial charge in [-0.1, -0.05) is 6.92 Å². The van der Waals surface area contributed by atoms with E-state index in [1.165, 1.54) is 0 Å². The summed E-state index contributed by atoms with van der Waals surface area (Å²) in [6.07, 6.45) is 8.43. The zero-order chi connectivity index (χ0) is 15.4. The van der Waals surface area contributed by atoms with Gasteiger partial charge in [0.15, 0.2) is 0 Å². The molecule has 1 aliphatic heterocycles. The zero-order valence-electron chi connectivity index (χ0n) is 13.1. The molecule has 0 unspecified atom stereocenters. The maximum absolute atomic E-state index is 5.87. The highest BCUT2D eigenvalue weighted by atomic mass is 16.5. The quantitative estimate of drug-likeness (QED) is 0.862. The summed E-state index contributed by atoms with van der Waals surface area (Å²) < 4.78 is 5.87. The Morgan fingerprint density at radius 3 is 2.55 bits per heavy atom. The fourth-order valence-electron chi connectivity index (χ4n) is 2.50. The van der Waals surface area contributed by atoms with Crippen molar-refractivity contribution in [2.45, 2.75) is 39.2 Å². The van der Waals surface area contributed by atoms with Gasteiger partial charge in [0.05, 0.1) is 0 Å². The van der Waals surface area contributed by atoms with E-state index in [9.17, 15) is 0 Å². The summed E-state index contributed by atoms with van der Waals surface area (Å²) >= 11 is 0. The molecule has 1 aliphatic rings. The summed E-state index contributed by atoms with van der Waals surface area (Å²) in [5, 5.41) is 0. The van der Waals surface area contributed by atoms with Crippen molar-refractivity contribution in [2.75, 3.05) is 18.0 Å². The molecule has 6 nitrogen and oxygen atoms in total. The molecule has 0 spiro atoms. The smallest absolute Gasteiger partial charge is 0.316 e. The lowest BCUT2D eigenvalue weighted by Crippen LogP contribution is -2.39. The van der Waals surface area contributed by atoms with Gasteiger partial charge in [-0.3, -0.25) is 0 Å². The number of aryl methyl sites for hydroxylation is 2. The molecule has 3 heterocycles. The standard InChI is InChI=1S/C16H21N5O/c1-3-13-10-18-16(19-11-13)22-14-5-8-21(9-6-14)15-17-7-4-12(2)20-15/h4,7,10-11,14H,3,5-6,8-9H2,1-2H3. The lowest BCUT2D eigenvalue weighted by atomic mass is 10.1. The van der Waals surface area contributed by atoms with Crippen LogP contribution in [0.1, 0.15) is 31.0 Å². The van der Waals surface area contributed by atoms with Crippen LogP contribution < -0.4 is 9.64 Å². The largest absolute Gasteiger partial charge is 0.460 e. The van der Waals surface area contributed by atoms with Crippen LogP contribution in [0, 0.1) is 6.92 Å². The molecular weight excluding hydrogens is 278 g/mol. The van der Waals surface area contributed by atoms with E-state index >= 15 is 0 Å². The molecule has 0 aromatic carbocycles. The summed E-state index contributed by atoms with van der Waals surface area (Å²) in [4.78, 5) is 19.5. The number of anilines is 1. The Kier molecular flexibility index (Phi) is 4.46. The molecule has 0 amide bonds. The highest BCUT2D eigenvalue weighted by Crippen LogP contribution is 2.19. The van der Waals surface area contributed by atoms with Crippen LogP contribution in [-0.4, -0.2) is 39.1 Å². The van der Waals surface area contributed by atoms with E-state index < -0.39 is 0 Å². The molecule has 0 bridgehead atoms. The molecule has 3 rings (SSSR count). The topological polar surface area (TPSA) is 64.0 Å². The van der Waals surface area contributed by atoms with Gasteiger partial charge in [-0.2, -0.15) is 0 Å². The Morgan fingerprint density at radius 2 is 1.91 bits per heavy atom. The molecule has 116 valence electrons. The predicted octanol–water partition coefficient (Wildman–Crippen LogP) is 2.19. The highest BCUT2D eigenvalue weighted by Gasteiger charge is 2.22. The number of hydrogen-bond acceptors (Lipinski definition) is 6. The van der Waals surface area contributed by atoms with Gasteiger partial charge in [-0.25, -0.2) is 19.9 Å². The number of piperidine rings is 1. The molecular formula is C16H21N5O. The first-order valence-corrected chi connectivity index (χ1v) is 7.77. The second-order valence-corrected chi connectivity index (χ2v) is 5.53. The third kappa shape index (κ3) is 3.50. The normalized spacial score (nSPS) is 15.8. The summed E-state index contributed by atoms with van der Waals surface area (Å²) in [7, 11) is 0. The van der Waals surface area contributed by atoms with E-state index in [2.05, 4.69) is 31.8 Å². The lowest BCUT2D eigenvalue weighted by Gasteiger charge is -2.31. The van der Waals surface area contributed by atoms with E-state index in [0.717, 1.165) is 49.6 Å². The maximum Gasteiger partial charge on any atom is 0.316 e. The summed E-state index contributed by atoms with van der Waals surface area (Å²) in [6.45, 7) is 5.85. The minimum absolute atomic E-state index is 0.161. The van der Waals surface area contributed by atoms with E-state index in [1.54, 1.807) is 0 Å². The van der Waals surface area contributed by atoms with Crippen molar-refractivity contribution in [3.8, 4) is 6.01 Å². The van der Waals surface area contributed by atoms with Crippen LogP contribution in [0.5, 0.6) is 6.01 Å². The van der Waals surface area contributed by atoms with Gasteiger partial charge in [0, 0.05) is 50.2 Å². The van der Waals surface area contributed by atoms with E-state index in [1.807, 2.05) is 31.6 Å².